The number of aromatic amines is 1. The summed E-state index contributed by atoms with van der Waals surface area (Å²) in [5.74, 6) is 0.465. The van der Waals surface area contributed by atoms with Gasteiger partial charge in [-0.1, -0.05) is 18.2 Å². The van der Waals surface area contributed by atoms with Gasteiger partial charge in [-0.2, -0.15) is 5.10 Å². The van der Waals surface area contributed by atoms with E-state index >= 15 is 0 Å². The maximum Gasteiger partial charge on any atom is 0.274 e. The summed E-state index contributed by atoms with van der Waals surface area (Å²) in [6, 6.07) is 14.5. The minimum absolute atomic E-state index is 0.0158. The highest BCUT2D eigenvalue weighted by Crippen LogP contribution is 2.31. The standard InChI is InChI=1S/C22H22N4O3/c1-15(27)16-6-4-7-18(12-16)29-14-17-13-20(25-24-17)22(28)26-11-5-9-21(26)19-8-2-3-10-23-19/h2-4,6-8,10,12-13,21H,5,9,11,14H2,1H3,(H,24,25)/t21-/m0/s1. The SMILES string of the molecule is CC(=O)c1cccc(OCc2cc(C(=O)N3CCC[C@H]3c3ccccn3)n[nH]2)c1. The predicted molar refractivity (Wildman–Crippen MR) is 107 cm³/mol. The van der Waals surface area contributed by atoms with Gasteiger partial charge in [0, 0.05) is 18.3 Å². The third kappa shape index (κ3) is 4.18. The Hall–Kier alpha value is -3.48. The molecule has 7 nitrogen and oxygen atoms in total. The molecule has 4 rings (SSSR count). The van der Waals surface area contributed by atoms with Gasteiger partial charge >= 0.3 is 0 Å². The Morgan fingerprint density at radius 3 is 2.90 bits per heavy atom. The molecular formula is C22H22N4O3. The topological polar surface area (TPSA) is 88.2 Å². The second kappa shape index (κ2) is 8.26. The number of likely N-dealkylation sites (tertiary alicyclic amines) is 1. The zero-order valence-electron chi connectivity index (χ0n) is 16.2. The van der Waals surface area contributed by atoms with Gasteiger partial charge in [0.1, 0.15) is 12.4 Å². The maximum absolute atomic E-state index is 13.0. The second-order valence-corrected chi connectivity index (χ2v) is 7.06. The number of carbonyl (C=O) groups is 2. The molecule has 0 unspecified atom stereocenters. The molecule has 29 heavy (non-hydrogen) atoms. The van der Waals surface area contributed by atoms with Gasteiger partial charge in [-0.15, -0.1) is 0 Å². The molecule has 0 radical (unpaired) electrons. The van der Waals surface area contributed by atoms with Crippen molar-refractivity contribution in [3.8, 4) is 5.75 Å². The molecule has 148 valence electrons. The average Bonchev–Trinajstić information content (AvgIpc) is 3.42. The first-order valence-corrected chi connectivity index (χ1v) is 9.62. The van der Waals surface area contributed by atoms with Gasteiger partial charge in [0.05, 0.1) is 17.4 Å². The normalized spacial score (nSPS) is 16.0. The van der Waals surface area contributed by atoms with Crippen LogP contribution in [0, 0.1) is 0 Å². The van der Waals surface area contributed by atoms with E-state index < -0.39 is 0 Å². The number of nitrogens with one attached hydrogen (secondary N) is 1. The summed E-state index contributed by atoms with van der Waals surface area (Å²) in [6.45, 7) is 2.43. The average molecular weight is 390 g/mol. The van der Waals surface area contributed by atoms with Gasteiger partial charge in [-0.3, -0.25) is 19.7 Å². The van der Waals surface area contributed by atoms with Gasteiger partial charge in [-0.05, 0) is 50.1 Å². The molecule has 0 aliphatic carbocycles. The van der Waals surface area contributed by atoms with E-state index in [4.69, 9.17) is 4.74 Å². The number of rotatable bonds is 6. The second-order valence-electron chi connectivity index (χ2n) is 7.06. The molecule has 1 aliphatic heterocycles. The Morgan fingerprint density at radius 1 is 1.21 bits per heavy atom. The van der Waals surface area contributed by atoms with E-state index in [1.807, 2.05) is 23.1 Å². The van der Waals surface area contributed by atoms with Crippen molar-refractivity contribution in [3.63, 3.8) is 0 Å². The lowest BCUT2D eigenvalue weighted by Crippen LogP contribution is -2.31. The fourth-order valence-corrected chi connectivity index (χ4v) is 3.55. The van der Waals surface area contributed by atoms with Crippen molar-refractivity contribution in [2.45, 2.75) is 32.4 Å². The number of Topliss-reactive ketones (excluding diaryl/α,β-unsaturated/α-hetero) is 1. The smallest absolute Gasteiger partial charge is 0.274 e. The molecule has 2 aromatic heterocycles. The lowest BCUT2D eigenvalue weighted by atomic mass is 10.1. The zero-order valence-corrected chi connectivity index (χ0v) is 16.2. The molecule has 1 aromatic carbocycles. The molecule has 3 aromatic rings. The van der Waals surface area contributed by atoms with Crippen LogP contribution in [-0.2, 0) is 6.61 Å². The van der Waals surface area contributed by atoms with E-state index in [9.17, 15) is 9.59 Å². The number of carbonyl (C=O) groups excluding carboxylic acids is 2. The summed E-state index contributed by atoms with van der Waals surface area (Å²) in [6.07, 6.45) is 3.59. The number of hydrogen-bond donors (Lipinski definition) is 1. The summed E-state index contributed by atoms with van der Waals surface area (Å²) in [5, 5.41) is 7.04. The molecule has 3 heterocycles. The van der Waals surface area contributed by atoms with Crippen molar-refractivity contribution in [1.82, 2.24) is 20.1 Å². The quantitative estimate of drug-likeness (QED) is 0.650. The van der Waals surface area contributed by atoms with Crippen molar-refractivity contribution in [3.05, 3.63) is 77.4 Å². The highest BCUT2D eigenvalue weighted by molar-refractivity contribution is 5.94. The third-order valence-electron chi connectivity index (χ3n) is 5.03. The van der Waals surface area contributed by atoms with Crippen LogP contribution in [-0.4, -0.2) is 38.3 Å². The Labute approximate surface area is 168 Å². The highest BCUT2D eigenvalue weighted by atomic mass is 16.5. The van der Waals surface area contributed by atoms with Gasteiger partial charge in [-0.25, -0.2) is 0 Å². The van der Waals surface area contributed by atoms with Crippen molar-refractivity contribution in [2.24, 2.45) is 0 Å². The summed E-state index contributed by atoms with van der Waals surface area (Å²) >= 11 is 0. The molecule has 1 fully saturated rings. The minimum Gasteiger partial charge on any atom is -0.487 e. The van der Waals surface area contributed by atoms with E-state index in [0.29, 0.717) is 29.2 Å². The lowest BCUT2D eigenvalue weighted by Gasteiger charge is -2.23. The fraction of sp³-hybridized carbons (Fsp3) is 0.273. The van der Waals surface area contributed by atoms with E-state index in [0.717, 1.165) is 18.5 Å². The number of ether oxygens (including phenoxy) is 1. The number of aromatic nitrogens is 3. The van der Waals surface area contributed by atoms with E-state index in [1.165, 1.54) is 6.92 Å². The summed E-state index contributed by atoms with van der Waals surface area (Å²) in [7, 11) is 0. The molecule has 0 spiro atoms. The van der Waals surface area contributed by atoms with Crippen molar-refractivity contribution < 1.29 is 14.3 Å². The van der Waals surface area contributed by atoms with Crippen LogP contribution in [0.1, 0.15) is 58.0 Å². The number of pyridine rings is 1. The first-order chi connectivity index (χ1) is 14.1. The van der Waals surface area contributed by atoms with Crippen molar-refractivity contribution in [1.29, 1.82) is 0 Å². The van der Waals surface area contributed by atoms with Crippen LogP contribution in [0.25, 0.3) is 0 Å². The van der Waals surface area contributed by atoms with Crippen LogP contribution in [0.15, 0.2) is 54.7 Å². The van der Waals surface area contributed by atoms with E-state index in [-0.39, 0.29) is 24.3 Å². The monoisotopic (exact) mass is 390 g/mol. The molecule has 1 atom stereocenters. The van der Waals surface area contributed by atoms with Crippen LogP contribution in [0.2, 0.25) is 0 Å². The number of ketones is 1. The van der Waals surface area contributed by atoms with Crippen molar-refractivity contribution >= 4 is 11.7 Å². The Bertz CT molecular complexity index is 1020. The number of H-pyrrole nitrogens is 1. The number of benzene rings is 1. The Kier molecular flexibility index (Phi) is 5.37. The highest BCUT2D eigenvalue weighted by Gasteiger charge is 2.32. The minimum atomic E-state index is -0.112. The molecule has 1 amide bonds. The first kappa shape index (κ1) is 18.9. The van der Waals surface area contributed by atoms with Gasteiger partial charge in [0.2, 0.25) is 0 Å². The van der Waals surface area contributed by atoms with E-state index in [1.54, 1.807) is 36.5 Å². The van der Waals surface area contributed by atoms with Gasteiger partial charge in [0.15, 0.2) is 11.5 Å². The summed E-state index contributed by atoms with van der Waals surface area (Å²) in [4.78, 5) is 30.7. The predicted octanol–water partition coefficient (Wildman–Crippen LogP) is 3.56. The number of hydrogen-bond acceptors (Lipinski definition) is 5. The maximum atomic E-state index is 13.0. The first-order valence-electron chi connectivity index (χ1n) is 9.62. The van der Waals surface area contributed by atoms with Gasteiger partial charge in [0.25, 0.3) is 5.91 Å². The zero-order chi connectivity index (χ0) is 20.2. The Morgan fingerprint density at radius 2 is 2.10 bits per heavy atom. The van der Waals surface area contributed by atoms with Gasteiger partial charge < -0.3 is 9.64 Å². The van der Waals surface area contributed by atoms with Crippen LogP contribution in [0.3, 0.4) is 0 Å². The van der Waals surface area contributed by atoms with Crippen LogP contribution in [0.5, 0.6) is 5.75 Å². The van der Waals surface area contributed by atoms with Crippen molar-refractivity contribution in [2.75, 3.05) is 6.54 Å². The molecule has 0 bridgehead atoms. The van der Waals surface area contributed by atoms with Crippen LogP contribution >= 0.6 is 0 Å². The third-order valence-corrected chi connectivity index (χ3v) is 5.03. The fourth-order valence-electron chi connectivity index (χ4n) is 3.55. The molecule has 1 N–H and O–H groups in total. The van der Waals surface area contributed by atoms with E-state index in [2.05, 4.69) is 15.2 Å². The molecule has 1 saturated heterocycles. The molecule has 1 aliphatic rings. The number of nitrogens with zero attached hydrogens (tertiary/aromatic N) is 3. The molecule has 0 saturated carbocycles. The summed E-state index contributed by atoms with van der Waals surface area (Å²) in [5.41, 5.74) is 2.56. The van der Waals surface area contributed by atoms with Crippen LogP contribution in [0.4, 0.5) is 0 Å². The summed E-state index contributed by atoms with van der Waals surface area (Å²) < 4.78 is 5.73. The molecular weight excluding hydrogens is 368 g/mol. The molecule has 7 heteroatoms. The lowest BCUT2D eigenvalue weighted by molar-refractivity contribution is 0.0726. The van der Waals surface area contributed by atoms with Crippen LogP contribution < -0.4 is 4.74 Å². The Balaban J connectivity index is 1.43. The largest absolute Gasteiger partial charge is 0.487 e. The number of amides is 1.